The Hall–Kier alpha value is -1.86. The summed E-state index contributed by atoms with van der Waals surface area (Å²) in [6.45, 7) is 5.06. The molecule has 1 aromatic heterocycles. The number of anilines is 1. The summed E-state index contributed by atoms with van der Waals surface area (Å²) in [5, 5.41) is 1.64. The molecule has 0 aliphatic rings. The Bertz CT molecular complexity index is 732. The Labute approximate surface area is 134 Å². The van der Waals surface area contributed by atoms with E-state index >= 15 is 0 Å². The van der Waals surface area contributed by atoms with Gasteiger partial charge in [0, 0.05) is 0 Å². The predicted octanol–water partition coefficient (Wildman–Crippen LogP) is 3.88. The van der Waals surface area contributed by atoms with Crippen molar-refractivity contribution in [1.82, 2.24) is 0 Å². The maximum atomic E-state index is 12.8. The van der Waals surface area contributed by atoms with Crippen LogP contribution in [0.25, 0.3) is 0 Å². The highest BCUT2D eigenvalue weighted by atomic mass is 32.2. The monoisotopic (exact) mass is 339 g/mol. The first kappa shape index (κ1) is 16.5. The van der Waals surface area contributed by atoms with Crippen LogP contribution >= 0.6 is 11.3 Å². The maximum Gasteiger partial charge on any atom is 0.429 e. The van der Waals surface area contributed by atoms with Crippen LogP contribution in [0.2, 0.25) is 0 Å². The largest absolute Gasteiger partial charge is 0.443 e. The molecule has 1 amide bonds. The molecule has 0 aliphatic heterocycles. The highest BCUT2D eigenvalue weighted by Crippen LogP contribution is 2.28. The first-order chi connectivity index (χ1) is 10.2. The van der Waals surface area contributed by atoms with Crippen LogP contribution < -0.4 is 4.31 Å². The van der Waals surface area contributed by atoms with Crippen molar-refractivity contribution in [1.29, 1.82) is 0 Å². The number of ether oxygens (including phenoxy) is 1. The Kier molecular flexibility index (Phi) is 4.58. The summed E-state index contributed by atoms with van der Waals surface area (Å²) in [7, 11) is -4.01. The van der Waals surface area contributed by atoms with Gasteiger partial charge < -0.3 is 4.74 Å². The van der Waals surface area contributed by atoms with Gasteiger partial charge in [-0.3, -0.25) is 0 Å². The smallest absolute Gasteiger partial charge is 0.429 e. The number of carbonyl (C=O) groups excluding carboxylic acids is 1. The molecule has 5 nitrogen and oxygen atoms in total. The fourth-order valence-electron chi connectivity index (χ4n) is 1.71. The summed E-state index contributed by atoms with van der Waals surface area (Å²) in [6.07, 6.45) is -0.924. The molecular formula is C15H17NO4S2. The van der Waals surface area contributed by atoms with Gasteiger partial charge in [-0.2, -0.15) is 12.7 Å². The Morgan fingerprint density at radius 2 is 1.73 bits per heavy atom. The topological polar surface area (TPSA) is 63.7 Å². The molecule has 0 spiro atoms. The van der Waals surface area contributed by atoms with Gasteiger partial charge in [0.15, 0.2) is 0 Å². The van der Waals surface area contributed by atoms with Crippen LogP contribution in [0.4, 0.5) is 10.5 Å². The van der Waals surface area contributed by atoms with Gasteiger partial charge in [-0.05, 0) is 44.4 Å². The molecule has 1 aromatic carbocycles. The lowest BCUT2D eigenvalue weighted by atomic mass is 10.2. The minimum atomic E-state index is -4.01. The van der Waals surface area contributed by atoms with Crippen LogP contribution in [-0.2, 0) is 14.8 Å². The van der Waals surface area contributed by atoms with E-state index in [1.165, 1.54) is 6.07 Å². The molecule has 0 aliphatic carbocycles. The average molecular weight is 339 g/mol. The van der Waals surface area contributed by atoms with E-state index in [-0.39, 0.29) is 9.90 Å². The summed E-state index contributed by atoms with van der Waals surface area (Å²) in [5.74, 6) is 0. The number of thiophene rings is 1. The van der Waals surface area contributed by atoms with E-state index in [1.54, 1.807) is 62.5 Å². The molecule has 7 heteroatoms. The second kappa shape index (κ2) is 6.10. The fraction of sp³-hybridized carbons (Fsp3) is 0.267. The van der Waals surface area contributed by atoms with Crippen molar-refractivity contribution in [3.63, 3.8) is 0 Å². The quantitative estimate of drug-likeness (QED) is 0.851. The lowest BCUT2D eigenvalue weighted by Gasteiger charge is -2.26. The third kappa shape index (κ3) is 3.66. The van der Waals surface area contributed by atoms with Gasteiger partial charge in [0.2, 0.25) is 0 Å². The first-order valence-corrected chi connectivity index (χ1v) is 8.91. The normalized spacial score (nSPS) is 12.0. The Morgan fingerprint density at radius 3 is 2.23 bits per heavy atom. The van der Waals surface area contributed by atoms with E-state index in [1.807, 2.05) is 0 Å². The van der Waals surface area contributed by atoms with Crippen LogP contribution in [-0.4, -0.2) is 20.1 Å². The third-order valence-corrected chi connectivity index (χ3v) is 5.61. The number of para-hydroxylation sites is 1. The number of carbonyl (C=O) groups is 1. The summed E-state index contributed by atoms with van der Waals surface area (Å²) in [5.41, 5.74) is -0.556. The minimum Gasteiger partial charge on any atom is -0.443 e. The third-order valence-electron chi connectivity index (χ3n) is 2.54. The lowest BCUT2D eigenvalue weighted by Crippen LogP contribution is -2.40. The van der Waals surface area contributed by atoms with E-state index in [2.05, 4.69) is 0 Å². The van der Waals surface area contributed by atoms with Crippen molar-refractivity contribution in [2.75, 3.05) is 4.31 Å². The van der Waals surface area contributed by atoms with E-state index in [9.17, 15) is 13.2 Å². The van der Waals surface area contributed by atoms with E-state index in [0.717, 1.165) is 11.3 Å². The standard InChI is InChI=1S/C15H17NO4S2/c1-15(2,3)20-14(17)16(12-8-5-4-6-9-12)22(18,19)13-10-7-11-21-13/h4-11H,1-3H3. The summed E-state index contributed by atoms with van der Waals surface area (Å²) >= 11 is 1.05. The molecule has 0 N–H and O–H groups in total. The molecule has 22 heavy (non-hydrogen) atoms. The second-order valence-electron chi connectivity index (χ2n) is 5.52. The van der Waals surface area contributed by atoms with Gasteiger partial charge in [-0.1, -0.05) is 24.3 Å². The van der Waals surface area contributed by atoms with Crippen molar-refractivity contribution in [3.05, 3.63) is 47.8 Å². The number of nitrogens with zero attached hydrogens (tertiary/aromatic N) is 1. The van der Waals surface area contributed by atoms with E-state index in [0.29, 0.717) is 4.31 Å². The van der Waals surface area contributed by atoms with Crippen LogP contribution in [0.15, 0.2) is 52.1 Å². The number of amides is 1. The van der Waals surface area contributed by atoms with Crippen molar-refractivity contribution < 1.29 is 17.9 Å². The van der Waals surface area contributed by atoms with E-state index in [4.69, 9.17) is 4.74 Å². The predicted molar refractivity (Wildman–Crippen MR) is 86.7 cm³/mol. The maximum absolute atomic E-state index is 12.8. The zero-order valence-corrected chi connectivity index (χ0v) is 14.1. The Balaban J connectivity index is 2.50. The molecule has 2 rings (SSSR count). The number of benzene rings is 1. The van der Waals surface area contributed by atoms with Gasteiger partial charge in [0.1, 0.15) is 9.81 Å². The first-order valence-electron chi connectivity index (χ1n) is 6.59. The van der Waals surface area contributed by atoms with E-state index < -0.39 is 21.7 Å². The molecular weight excluding hydrogens is 322 g/mol. The molecule has 0 atom stereocenters. The summed E-state index contributed by atoms with van der Waals surface area (Å²) in [6, 6.07) is 11.3. The minimum absolute atomic E-state index is 0.0854. The Morgan fingerprint density at radius 1 is 1.09 bits per heavy atom. The van der Waals surface area contributed by atoms with Crippen LogP contribution in [0, 0.1) is 0 Å². The average Bonchev–Trinajstić information content (AvgIpc) is 2.92. The summed E-state index contributed by atoms with van der Waals surface area (Å²) < 4.78 is 31.5. The van der Waals surface area contributed by atoms with Crippen molar-refractivity contribution in [3.8, 4) is 0 Å². The van der Waals surface area contributed by atoms with Gasteiger partial charge >= 0.3 is 6.09 Å². The molecule has 0 bridgehead atoms. The zero-order valence-electron chi connectivity index (χ0n) is 12.5. The van der Waals surface area contributed by atoms with Crippen molar-refractivity contribution in [2.45, 2.75) is 30.6 Å². The number of sulfonamides is 1. The molecule has 2 aromatic rings. The molecule has 0 radical (unpaired) electrons. The second-order valence-corrected chi connectivity index (χ2v) is 8.48. The number of hydrogen-bond acceptors (Lipinski definition) is 5. The lowest BCUT2D eigenvalue weighted by molar-refractivity contribution is 0.0609. The molecule has 0 saturated carbocycles. The summed E-state index contributed by atoms with van der Waals surface area (Å²) in [4.78, 5) is 12.4. The van der Waals surface area contributed by atoms with Gasteiger partial charge in [0.05, 0.1) is 5.69 Å². The van der Waals surface area contributed by atoms with Crippen LogP contribution in [0.1, 0.15) is 20.8 Å². The zero-order chi connectivity index (χ0) is 16.4. The number of hydrogen-bond donors (Lipinski definition) is 0. The van der Waals surface area contributed by atoms with Crippen molar-refractivity contribution in [2.24, 2.45) is 0 Å². The molecule has 0 unspecified atom stereocenters. The van der Waals surface area contributed by atoms with Gasteiger partial charge in [-0.25, -0.2) is 4.79 Å². The highest BCUT2D eigenvalue weighted by molar-refractivity contribution is 7.95. The van der Waals surface area contributed by atoms with Gasteiger partial charge in [-0.15, -0.1) is 11.3 Å². The SMILES string of the molecule is CC(C)(C)OC(=O)N(c1ccccc1)S(=O)(=O)c1cccs1. The molecule has 118 valence electrons. The van der Waals surface area contributed by atoms with Crippen LogP contribution in [0.5, 0.6) is 0 Å². The van der Waals surface area contributed by atoms with Crippen molar-refractivity contribution >= 4 is 33.1 Å². The molecule has 0 saturated heterocycles. The number of rotatable bonds is 3. The highest BCUT2D eigenvalue weighted by Gasteiger charge is 2.35. The fourth-order valence-corrected chi connectivity index (χ4v) is 4.10. The molecule has 1 heterocycles. The molecule has 0 fully saturated rings. The van der Waals surface area contributed by atoms with Gasteiger partial charge in [0.25, 0.3) is 10.0 Å². The van der Waals surface area contributed by atoms with Crippen LogP contribution in [0.3, 0.4) is 0 Å².